The van der Waals surface area contributed by atoms with Crippen LogP contribution in [0.3, 0.4) is 0 Å². The van der Waals surface area contributed by atoms with Crippen LogP contribution < -0.4 is 5.32 Å². The predicted octanol–water partition coefficient (Wildman–Crippen LogP) is 3.61. The van der Waals surface area contributed by atoms with Crippen LogP contribution in [-0.2, 0) is 9.47 Å². The number of benzene rings is 1. The summed E-state index contributed by atoms with van der Waals surface area (Å²) in [5.41, 5.74) is 1.14. The molecule has 0 radical (unpaired) electrons. The van der Waals surface area contributed by atoms with Crippen LogP contribution in [-0.4, -0.2) is 32.3 Å². The van der Waals surface area contributed by atoms with Crippen molar-refractivity contribution >= 4 is 17.4 Å². The summed E-state index contributed by atoms with van der Waals surface area (Å²) in [6.45, 7) is 6.20. The molecule has 0 heterocycles. The highest BCUT2D eigenvalue weighted by Gasteiger charge is 2.06. The number of ether oxygens (including phenoxy) is 2. The van der Waals surface area contributed by atoms with Crippen LogP contribution in [0.25, 0.3) is 0 Å². The molecule has 3 nitrogen and oxygen atoms in total. The standard InChI is InChI=1S/C14H23NO2S/c1-4-16-14(17-5-2)10-11-15-12-6-8-13(18-3)9-7-12/h6-9,14-15H,4-5,10-11H2,1-3H3. The maximum absolute atomic E-state index is 5.49. The van der Waals surface area contributed by atoms with Gasteiger partial charge in [-0.1, -0.05) is 0 Å². The van der Waals surface area contributed by atoms with E-state index in [0.29, 0.717) is 13.2 Å². The molecule has 0 aliphatic carbocycles. The van der Waals surface area contributed by atoms with Crippen LogP contribution in [0.5, 0.6) is 0 Å². The second-order valence-corrected chi connectivity index (χ2v) is 4.66. The van der Waals surface area contributed by atoms with Crippen molar-refractivity contribution in [3.63, 3.8) is 0 Å². The third kappa shape index (κ3) is 5.76. The van der Waals surface area contributed by atoms with Crippen molar-refractivity contribution < 1.29 is 9.47 Å². The van der Waals surface area contributed by atoms with Gasteiger partial charge in [-0.25, -0.2) is 0 Å². The fourth-order valence-corrected chi connectivity index (χ4v) is 2.04. The van der Waals surface area contributed by atoms with Crippen LogP contribution >= 0.6 is 11.8 Å². The van der Waals surface area contributed by atoms with Crippen molar-refractivity contribution in [2.24, 2.45) is 0 Å². The van der Waals surface area contributed by atoms with Gasteiger partial charge in [-0.3, -0.25) is 0 Å². The van der Waals surface area contributed by atoms with Crippen molar-refractivity contribution in [3.05, 3.63) is 24.3 Å². The molecule has 18 heavy (non-hydrogen) atoms. The van der Waals surface area contributed by atoms with Gasteiger partial charge in [-0.2, -0.15) is 0 Å². The van der Waals surface area contributed by atoms with Gasteiger partial charge in [-0.15, -0.1) is 11.8 Å². The Morgan fingerprint density at radius 1 is 1.11 bits per heavy atom. The molecule has 0 aliphatic heterocycles. The average Bonchev–Trinajstić information content (AvgIpc) is 2.40. The number of thioether (sulfide) groups is 1. The molecule has 1 aromatic carbocycles. The van der Waals surface area contributed by atoms with Crippen molar-refractivity contribution in [3.8, 4) is 0 Å². The summed E-state index contributed by atoms with van der Waals surface area (Å²) in [5, 5.41) is 3.37. The highest BCUT2D eigenvalue weighted by atomic mass is 32.2. The molecule has 102 valence electrons. The molecule has 4 heteroatoms. The zero-order chi connectivity index (χ0) is 13.2. The molecule has 1 aromatic rings. The minimum Gasteiger partial charge on any atom is -0.385 e. The lowest BCUT2D eigenvalue weighted by Gasteiger charge is -2.17. The molecule has 0 fully saturated rings. The van der Waals surface area contributed by atoms with E-state index in [0.717, 1.165) is 18.7 Å². The number of hydrogen-bond acceptors (Lipinski definition) is 4. The van der Waals surface area contributed by atoms with E-state index in [1.54, 1.807) is 11.8 Å². The van der Waals surface area contributed by atoms with Gasteiger partial charge < -0.3 is 14.8 Å². The number of nitrogens with one attached hydrogen (secondary N) is 1. The maximum atomic E-state index is 5.49. The van der Waals surface area contributed by atoms with Gasteiger partial charge in [-0.05, 0) is 44.4 Å². The average molecular weight is 269 g/mol. The molecule has 0 spiro atoms. The van der Waals surface area contributed by atoms with Gasteiger partial charge in [0, 0.05) is 36.8 Å². The Hall–Kier alpha value is -0.710. The van der Waals surface area contributed by atoms with Gasteiger partial charge in [0.1, 0.15) is 0 Å². The molecule has 0 aromatic heterocycles. The zero-order valence-electron chi connectivity index (χ0n) is 11.4. The molecule has 0 bridgehead atoms. The van der Waals surface area contributed by atoms with E-state index in [4.69, 9.17) is 9.47 Å². The van der Waals surface area contributed by atoms with E-state index in [2.05, 4.69) is 35.8 Å². The summed E-state index contributed by atoms with van der Waals surface area (Å²) in [7, 11) is 0. The lowest BCUT2D eigenvalue weighted by atomic mass is 10.3. The largest absolute Gasteiger partial charge is 0.385 e. The van der Waals surface area contributed by atoms with Crippen LogP contribution in [0, 0.1) is 0 Å². The Morgan fingerprint density at radius 3 is 2.22 bits per heavy atom. The van der Waals surface area contributed by atoms with Crippen LogP contribution in [0.2, 0.25) is 0 Å². The molecule has 0 saturated carbocycles. The first kappa shape index (κ1) is 15.3. The fourth-order valence-electron chi connectivity index (χ4n) is 1.63. The van der Waals surface area contributed by atoms with Crippen molar-refractivity contribution in [1.29, 1.82) is 0 Å². The van der Waals surface area contributed by atoms with E-state index in [1.807, 2.05) is 13.8 Å². The summed E-state index contributed by atoms with van der Waals surface area (Å²) in [4.78, 5) is 1.28. The molecule has 0 atom stereocenters. The maximum Gasteiger partial charge on any atom is 0.159 e. The summed E-state index contributed by atoms with van der Waals surface area (Å²) in [6.07, 6.45) is 2.83. The first-order valence-corrected chi connectivity index (χ1v) is 7.63. The molecule has 1 rings (SSSR count). The van der Waals surface area contributed by atoms with Gasteiger partial charge in [0.15, 0.2) is 6.29 Å². The van der Waals surface area contributed by atoms with E-state index in [9.17, 15) is 0 Å². The highest BCUT2D eigenvalue weighted by molar-refractivity contribution is 7.98. The minimum atomic E-state index is -0.0991. The first-order valence-electron chi connectivity index (χ1n) is 6.41. The van der Waals surface area contributed by atoms with E-state index < -0.39 is 0 Å². The third-order valence-electron chi connectivity index (χ3n) is 2.50. The zero-order valence-corrected chi connectivity index (χ0v) is 12.3. The normalized spacial score (nSPS) is 10.9. The number of rotatable bonds is 9. The van der Waals surface area contributed by atoms with Crippen molar-refractivity contribution in [2.75, 3.05) is 31.3 Å². The topological polar surface area (TPSA) is 30.5 Å². The molecule has 0 aliphatic rings. The van der Waals surface area contributed by atoms with Gasteiger partial charge >= 0.3 is 0 Å². The molecule has 0 unspecified atom stereocenters. The summed E-state index contributed by atoms with van der Waals surface area (Å²) in [5.74, 6) is 0. The van der Waals surface area contributed by atoms with Crippen LogP contribution in [0.4, 0.5) is 5.69 Å². The van der Waals surface area contributed by atoms with E-state index >= 15 is 0 Å². The third-order valence-corrected chi connectivity index (χ3v) is 3.25. The Labute approximate surface area is 114 Å². The van der Waals surface area contributed by atoms with Gasteiger partial charge in [0.05, 0.1) is 0 Å². The second kappa shape index (κ2) is 9.25. The SMILES string of the molecule is CCOC(CCNc1ccc(SC)cc1)OCC. The van der Waals surface area contributed by atoms with E-state index in [-0.39, 0.29) is 6.29 Å². The summed E-state index contributed by atoms with van der Waals surface area (Å²) in [6, 6.07) is 8.44. The van der Waals surface area contributed by atoms with E-state index in [1.165, 1.54) is 4.90 Å². The summed E-state index contributed by atoms with van der Waals surface area (Å²) < 4.78 is 11.0. The molecule has 0 saturated heterocycles. The Kier molecular flexibility index (Phi) is 7.89. The monoisotopic (exact) mass is 269 g/mol. The molecular formula is C14H23NO2S. The van der Waals surface area contributed by atoms with Crippen molar-refractivity contribution in [1.82, 2.24) is 0 Å². The quantitative estimate of drug-likeness (QED) is 0.548. The smallest absolute Gasteiger partial charge is 0.159 e. The van der Waals surface area contributed by atoms with Crippen LogP contribution in [0.1, 0.15) is 20.3 Å². The lowest BCUT2D eigenvalue weighted by Crippen LogP contribution is -2.21. The summed E-state index contributed by atoms with van der Waals surface area (Å²) >= 11 is 1.75. The second-order valence-electron chi connectivity index (χ2n) is 3.78. The molecule has 1 N–H and O–H groups in total. The first-order chi connectivity index (χ1) is 8.80. The molecular weight excluding hydrogens is 246 g/mol. The lowest BCUT2D eigenvalue weighted by molar-refractivity contribution is -0.137. The van der Waals surface area contributed by atoms with Gasteiger partial charge in [0.25, 0.3) is 0 Å². The number of anilines is 1. The van der Waals surface area contributed by atoms with Crippen molar-refractivity contribution in [2.45, 2.75) is 31.5 Å². The van der Waals surface area contributed by atoms with Crippen LogP contribution in [0.15, 0.2) is 29.2 Å². The Bertz CT molecular complexity index is 310. The Morgan fingerprint density at radius 2 is 1.72 bits per heavy atom. The minimum absolute atomic E-state index is 0.0991. The fraction of sp³-hybridized carbons (Fsp3) is 0.571. The predicted molar refractivity (Wildman–Crippen MR) is 78.4 cm³/mol. The number of hydrogen-bond donors (Lipinski definition) is 1. The highest BCUT2D eigenvalue weighted by Crippen LogP contribution is 2.17. The Balaban J connectivity index is 2.30. The van der Waals surface area contributed by atoms with Gasteiger partial charge in [0.2, 0.25) is 0 Å². The molecule has 0 amide bonds.